The third-order valence-electron chi connectivity index (χ3n) is 6.94. The van der Waals surface area contributed by atoms with E-state index in [1.54, 1.807) is 12.0 Å². The number of rotatable bonds is 10. The molecule has 0 radical (unpaired) electrons. The maximum atomic E-state index is 13.8. The van der Waals surface area contributed by atoms with Gasteiger partial charge < -0.3 is 15.0 Å². The van der Waals surface area contributed by atoms with Gasteiger partial charge in [0.15, 0.2) is 0 Å². The molecule has 4 rings (SSSR count). The number of aryl methyl sites for hydroxylation is 1. The lowest BCUT2D eigenvalue weighted by Crippen LogP contribution is -2.52. The number of nitrogens with one attached hydrogen (secondary N) is 1. The fraction of sp³-hybridized carbons (Fsp3) is 0.355. The first kappa shape index (κ1) is 25.5. The van der Waals surface area contributed by atoms with Crippen molar-refractivity contribution in [3.05, 3.63) is 101 Å². The van der Waals surface area contributed by atoms with Gasteiger partial charge in [-0.25, -0.2) is 0 Å². The average molecular weight is 485 g/mol. The molecule has 3 aromatic carbocycles. The molecule has 188 valence electrons. The lowest BCUT2D eigenvalue weighted by Gasteiger charge is -2.32. The number of carbonyl (C=O) groups excluding carboxylic acids is 2. The Hall–Kier alpha value is -3.60. The molecule has 5 heteroatoms. The van der Waals surface area contributed by atoms with Crippen molar-refractivity contribution in [3.63, 3.8) is 0 Å². The molecular weight excluding hydrogens is 448 g/mol. The molecule has 1 N–H and O–H groups in total. The first-order valence-electron chi connectivity index (χ1n) is 12.8. The molecule has 3 aromatic rings. The molecule has 5 nitrogen and oxygen atoms in total. The molecule has 36 heavy (non-hydrogen) atoms. The van der Waals surface area contributed by atoms with Crippen LogP contribution in [0.5, 0.6) is 5.75 Å². The zero-order chi connectivity index (χ0) is 25.3. The summed E-state index contributed by atoms with van der Waals surface area (Å²) >= 11 is 0. The molecule has 1 atom stereocenters. The zero-order valence-corrected chi connectivity index (χ0v) is 21.3. The summed E-state index contributed by atoms with van der Waals surface area (Å²) in [4.78, 5) is 29.3. The Labute approximate surface area is 214 Å². The van der Waals surface area contributed by atoms with Crippen molar-refractivity contribution < 1.29 is 14.3 Å². The number of carbonyl (C=O) groups is 2. The van der Waals surface area contributed by atoms with Crippen LogP contribution in [0, 0.1) is 6.92 Å². The molecule has 0 saturated heterocycles. The van der Waals surface area contributed by atoms with E-state index in [2.05, 4.69) is 5.32 Å². The van der Waals surface area contributed by atoms with Crippen LogP contribution in [0.3, 0.4) is 0 Å². The van der Waals surface area contributed by atoms with Gasteiger partial charge in [0.05, 0.1) is 13.5 Å². The van der Waals surface area contributed by atoms with Crippen molar-refractivity contribution in [2.45, 2.75) is 64.1 Å². The molecule has 0 unspecified atom stereocenters. The van der Waals surface area contributed by atoms with E-state index in [1.807, 2.05) is 85.8 Å². The van der Waals surface area contributed by atoms with Crippen molar-refractivity contribution in [2.75, 3.05) is 7.11 Å². The van der Waals surface area contributed by atoms with E-state index in [9.17, 15) is 9.59 Å². The van der Waals surface area contributed by atoms with E-state index in [0.717, 1.165) is 53.7 Å². The molecule has 1 aliphatic carbocycles. The van der Waals surface area contributed by atoms with Gasteiger partial charge in [-0.05, 0) is 48.6 Å². The Bertz CT molecular complexity index is 1140. The lowest BCUT2D eigenvalue weighted by molar-refractivity contribution is -0.141. The van der Waals surface area contributed by atoms with Gasteiger partial charge in [-0.3, -0.25) is 9.59 Å². The number of benzene rings is 3. The number of hydrogen-bond donors (Lipinski definition) is 1. The average Bonchev–Trinajstić information content (AvgIpc) is 3.41. The summed E-state index contributed by atoms with van der Waals surface area (Å²) in [6, 6.07) is 25.2. The molecular formula is C31H36N2O3. The molecule has 1 saturated carbocycles. The predicted molar refractivity (Wildman–Crippen MR) is 143 cm³/mol. The lowest BCUT2D eigenvalue weighted by atomic mass is 10.0. The summed E-state index contributed by atoms with van der Waals surface area (Å²) in [5.41, 5.74) is 4.05. The van der Waals surface area contributed by atoms with Crippen LogP contribution in [-0.4, -0.2) is 35.9 Å². The molecule has 1 fully saturated rings. The maximum Gasteiger partial charge on any atom is 0.243 e. The van der Waals surface area contributed by atoms with Crippen molar-refractivity contribution in [3.8, 4) is 5.75 Å². The van der Waals surface area contributed by atoms with Crippen LogP contribution in [0.2, 0.25) is 0 Å². The van der Waals surface area contributed by atoms with Crippen molar-refractivity contribution >= 4 is 11.8 Å². The first-order valence-corrected chi connectivity index (χ1v) is 12.8. The molecule has 0 aromatic heterocycles. The zero-order valence-electron chi connectivity index (χ0n) is 21.3. The van der Waals surface area contributed by atoms with Crippen LogP contribution in [0.15, 0.2) is 78.9 Å². The summed E-state index contributed by atoms with van der Waals surface area (Å²) in [5, 5.41) is 3.26. The van der Waals surface area contributed by atoms with Gasteiger partial charge in [0, 0.05) is 19.0 Å². The van der Waals surface area contributed by atoms with E-state index < -0.39 is 6.04 Å². The Kier molecular flexibility index (Phi) is 8.77. The number of ether oxygens (including phenoxy) is 1. The van der Waals surface area contributed by atoms with Crippen LogP contribution in [-0.2, 0) is 29.0 Å². The standard InChI is InChI=1S/C31H36N2O3/c1-23-15-17-25(18-16-23)21-30(34)33(22-26-11-8-14-28(19-26)36-2)29(20-24-9-4-3-5-10-24)31(35)32-27-12-6-7-13-27/h3-5,8-11,14-19,27,29H,6-7,12-13,20-22H2,1-2H3,(H,32,35)/t29-/m0/s1. The minimum absolute atomic E-state index is 0.0656. The third-order valence-corrected chi connectivity index (χ3v) is 6.94. The fourth-order valence-electron chi connectivity index (χ4n) is 4.87. The second-order valence-electron chi connectivity index (χ2n) is 9.73. The highest BCUT2D eigenvalue weighted by atomic mass is 16.5. The normalized spacial score (nSPS) is 14.3. The highest BCUT2D eigenvalue weighted by Gasteiger charge is 2.32. The Balaban J connectivity index is 1.66. The quantitative estimate of drug-likeness (QED) is 0.428. The Morgan fingerprint density at radius 2 is 1.61 bits per heavy atom. The number of hydrogen-bond acceptors (Lipinski definition) is 3. The van der Waals surface area contributed by atoms with E-state index >= 15 is 0 Å². The van der Waals surface area contributed by atoms with Crippen molar-refractivity contribution in [1.82, 2.24) is 10.2 Å². The third kappa shape index (κ3) is 6.97. The second kappa shape index (κ2) is 12.4. The van der Waals surface area contributed by atoms with Crippen LogP contribution in [0.1, 0.15) is 47.9 Å². The number of amides is 2. The van der Waals surface area contributed by atoms with Gasteiger partial charge in [0.25, 0.3) is 0 Å². The highest BCUT2D eigenvalue weighted by molar-refractivity contribution is 5.89. The fourth-order valence-corrected chi connectivity index (χ4v) is 4.87. The van der Waals surface area contributed by atoms with E-state index in [0.29, 0.717) is 13.0 Å². The minimum atomic E-state index is -0.614. The van der Waals surface area contributed by atoms with E-state index in [1.165, 1.54) is 0 Å². The molecule has 0 aliphatic heterocycles. The maximum absolute atomic E-state index is 13.8. The monoisotopic (exact) mass is 484 g/mol. The SMILES string of the molecule is COc1cccc(CN(C(=O)Cc2ccc(C)cc2)[C@@H](Cc2ccccc2)C(=O)NC2CCCC2)c1. The summed E-state index contributed by atoms with van der Waals surface area (Å²) in [6.45, 7) is 2.36. The van der Waals surface area contributed by atoms with Gasteiger partial charge in [-0.15, -0.1) is 0 Å². The minimum Gasteiger partial charge on any atom is -0.497 e. The summed E-state index contributed by atoms with van der Waals surface area (Å²) < 4.78 is 5.41. The number of nitrogens with zero attached hydrogens (tertiary/aromatic N) is 1. The van der Waals surface area contributed by atoms with Crippen LogP contribution >= 0.6 is 0 Å². The van der Waals surface area contributed by atoms with Crippen LogP contribution in [0.25, 0.3) is 0 Å². The van der Waals surface area contributed by atoms with Gasteiger partial charge in [0.1, 0.15) is 11.8 Å². The van der Waals surface area contributed by atoms with Gasteiger partial charge in [-0.2, -0.15) is 0 Å². The molecule has 0 spiro atoms. The molecule has 0 bridgehead atoms. The molecule has 1 aliphatic rings. The Morgan fingerprint density at radius 1 is 0.917 bits per heavy atom. The second-order valence-corrected chi connectivity index (χ2v) is 9.73. The van der Waals surface area contributed by atoms with Crippen LogP contribution in [0.4, 0.5) is 0 Å². The predicted octanol–water partition coefficient (Wildman–Crippen LogP) is 5.25. The van der Waals surface area contributed by atoms with Crippen molar-refractivity contribution in [2.24, 2.45) is 0 Å². The molecule has 2 amide bonds. The van der Waals surface area contributed by atoms with Gasteiger partial charge in [0.2, 0.25) is 11.8 Å². The highest BCUT2D eigenvalue weighted by Crippen LogP contribution is 2.22. The van der Waals surface area contributed by atoms with Gasteiger partial charge >= 0.3 is 0 Å². The molecule has 0 heterocycles. The van der Waals surface area contributed by atoms with Crippen LogP contribution < -0.4 is 10.1 Å². The topological polar surface area (TPSA) is 58.6 Å². The summed E-state index contributed by atoms with van der Waals surface area (Å²) in [6.07, 6.45) is 4.96. The Morgan fingerprint density at radius 3 is 2.31 bits per heavy atom. The van der Waals surface area contributed by atoms with E-state index in [-0.39, 0.29) is 24.3 Å². The summed E-state index contributed by atoms with van der Waals surface area (Å²) in [7, 11) is 1.63. The first-order chi connectivity index (χ1) is 17.5. The largest absolute Gasteiger partial charge is 0.497 e. The number of methoxy groups -OCH3 is 1. The van der Waals surface area contributed by atoms with Crippen molar-refractivity contribution in [1.29, 1.82) is 0 Å². The van der Waals surface area contributed by atoms with Gasteiger partial charge in [-0.1, -0.05) is 85.1 Å². The van der Waals surface area contributed by atoms with E-state index in [4.69, 9.17) is 4.74 Å². The summed E-state index contributed by atoms with van der Waals surface area (Å²) in [5.74, 6) is 0.587. The smallest absolute Gasteiger partial charge is 0.243 e.